The highest BCUT2D eigenvalue weighted by Crippen LogP contribution is 2.38. The molecule has 1 aliphatic heterocycles. The molecule has 1 aromatic heterocycles. The number of nitrogen functional groups attached to an aromatic ring is 1. The van der Waals surface area contributed by atoms with Crippen LogP contribution in [0.2, 0.25) is 0 Å². The summed E-state index contributed by atoms with van der Waals surface area (Å²) in [6, 6.07) is 0. The number of nitrogens with zero attached hydrogens (tertiary/aromatic N) is 1. The third-order valence-electron chi connectivity index (χ3n) is 3.18. The quantitative estimate of drug-likeness (QED) is 0.823. The summed E-state index contributed by atoms with van der Waals surface area (Å²) in [5.41, 5.74) is 7.55. The number of rotatable bonds is 2. The molecule has 17 heavy (non-hydrogen) atoms. The minimum atomic E-state index is -0.334. The van der Waals surface area contributed by atoms with Gasteiger partial charge in [0.05, 0.1) is 17.8 Å². The van der Waals surface area contributed by atoms with Crippen LogP contribution in [0.1, 0.15) is 34.5 Å². The SMILES string of the molecule is COC(=O)c1sc(N2CCCCC2)c(C)c1N. The lowest BCUT2D eigenvalue weighted by molar-refractivity contribution is 0.0607. The van der Waals surface area contributed by atoms with Crippen LogP contribution < -0.4 is 10.6 Å². The van der Waals surface area contributed by atoms with Crippen molar-refractivity contribution < 1.29 is 9.53 Å². The molecule has 2 heterocycles. The smallest absolute Gasteiger partial charge is 0.350 e. The Morgan fingerprint density at radius 3 is 2.59 bits per heavy atom. The van der Waals surface area contributed by atoms with Gasteiger partial charge in [-0.25, -0.2) is 4.79 Å². The number of carbonyl (C=O) groups is 1. The lowest BCUT2D eigenvalue weighted by atomic mass is 10.1. The number of hydrogen-bond acceptors (Lipinski definition) is 5. The summed E-state index contributed by atoms with van der Waals surface area (Å²) in [5.74, 6) is -0.334. The maximum absolute atomic E-state index is 11.6. The van der Waals surface area contributed by atoms with Crippen molar-refractivity contribution in [3.63, 3.8) is 0 Å². The molecule has 94 valence electrons. The van der Waals surface area contributed by atoms with Crippen LogP contribution in [0, 0.1) is 6.92 Å². The Labute approximate surface area is 105 Å². The molecule has 0 aliphatic carbocycles. The van der Waals surface area contributed by atoms with Crippen molar-refractivity contribution in [3.8, 4) is 0 Å². The lowest BCUT2D eigenvalue weighted by Gasteiger charge is -2.28. The number of carbonyl (C=O) groups excluding carboxylic acids is 1. The van der Waals surface area contributed by atoms with Gasteiger partial charge in [0.15, 0.2) is 0 Å². The molecule has 0 unspecified atom stereocenters. The molecule has 5 heteroatoms. The van der Waals surface area contributed by atoms with E-state index in [1.807, 2.05) is 6.92 Å². The number of hydrogen-bond donors (Lipinski definition) is 1. The first-order valence-electron chi connectivity index (χ1n) is 5.87. The standard InChI is InChI=1S/C12H18N2O2S/c1-8-9(13)10(12(15)16-2)17-11(8)14-6-4-3-5-7-14/h3-7,13H2,1-2H3. The first-order chi connectivity index (χ1) is 8.15. The molecule has 0 saturated carbocycles. The van der Waals surface area contributed by atoms with E-state index in [1.165, 1.54) is 37.7 Å². The molecule has 1 aromatic rings. The molecule has 1 saturated heterocycles. The van der Waals surface area contributed by atoms with E-state index in [9.17, 15) is 4.79 Å². The van der Waals surface area contributed by atoms with Crippen molar-refractivity contribution in [1.29, 1.82) is 0 Å². The van der Waals surface area contributed by atoms with Crippen LogP contribution in [0.15, 0.2) is 0 Å². The maximum atomic E-state index is 11.6. The van der Waals surface area contributed by atoms with Crippen LogP contribution >= 0.6 is 11.3 Å². The van der Waals surface area contributed by atoms with E-state index < -0.39 is 0 Å². The van der Waals surface area contributed by atoms with E-state index in [2.05, 4.69) is 4.90 Å². The summed E-state index contributed by atoms with van der Waals surface area (Å²) in [6.07, 6.45) is 3.72. The first kappa shape index (κ1) is 12.2. The van der Waals surface area contributed by atoms with Crippen LogP contribution in [0.3, 0.4) is 0 Å². The van der Waals surface area contributed by atoms with Gasteiger partial charge in [-0.3, -0.25) is 0 Å². The molecule has 0 aromatic carbocycles. The van der Waals surface area contributed by atoms with Crippen LogP contribution in [0.5, 0.6) is 0 Å². The van der Waals surface area contributed by atoms with Gasteiger partial charge in [-0.1, -0.05) is 0 Å². The van der Waals surface area contributed by atoms with Gasteiger partial charge in [0.25, 0.3) is 0 Å². The Morgan fingerprint density at radius 2 is 2.00 bits per heavy atom. The predicted octanol–water partition coefficient (Wildman–Crippen LogP) is 2.42. The number of ether oxygens (including phenoxy) is 1. The topological polar surface area (TPSA) is 55.6 Å². The number of nitrogens with two attached hydrogens (primary N) is 1. The molecule has 0 radical (unpaired) electrons. The highest BCUT2D eigenvalue weighted by molar-refractivity contribution is 7.18. The third-order valence-corrected chi connectivity index (χ3v) is 4.53. The summed E-state index contributed by atoms with van der Waals surface area (Å²) < 4.78 is 4.75. The molecule has 0 bridgehead atoms. The van der Waals surface area contributed by atoms with E-state index in [4.69, 9.17) is 10.5 Å². The maximum Gasteiger partial charge on any atom is 0.350 e. The Hall–Kier alpha value is -1.23. The Balaban J connectivity index is 2.31. The first-order valence-corrected chi connectivity index (χ1v) is 6.69. The summed E-state index contributed by atoms with van der Waals surface area (Å²) in [4.78, 5) is 14.4. The monoisotopic (exact) mass is 254 g/mol. The number of esters is 1. The highest BCUT2D eigenvalue weighted by Gasteiger charge is 2.23. The van der Waals surface area contributed by atoms with E-state index in [1.54, 1.807) is 0 Å². The van der Waals surface area contributed by atoms with E-state index in [0.717, 1.165) is 23.7 Å². The molecule has 0 atom stereocenters. The molecule has 4 nitrogen and oxygen atoms in total. The number of anilines is 2. The summed E-state index contributed by atoms with van der Waals surface area (Å²) in [7, 11) is 1.39. The fourth-order valence-corrected chi connectivity index (χ4v) is 3.35. The average molecular weight is 254 g/mol. The van der Waals surface area contributed by atoms with Crippen LogP contribution in [0.4, 0.5) is 10.7 Å². The second-order valence-electron chi connectivity index (χ2n) is 4.31. The molecule has 2 rings (SSSR count). The van der Waals surface area contributed by atoms with Gasteiger partial charge in [0.1, 0.15) is 4.88 Å². The van der Waals surface area contributed by atoms with Crippen molar-refractivity contribution in [2.24, 2.45) is 0 Å². The van der Waals surface area contributed by atoms with Gasteiger partial charge < -0.3 is 15.4 Å². The van der Waals surface area contributed by atoms with Crippen molar-refractivity contribution in [3.05, 3.63) is 10.4 Å². The summed E-state index contributed by atoms with van der Waals surface area (Å²) in [6.45, 7) is 4.09. The van der Waals surface area contributed by atoms with Gasteiger partial charge in [0, 0.05) is 18.7 Å². The number of thiophene rings is 1. The molecule has 0 spiro atoms. The second-order valence-corrected chi connectivity index (χ2v) is 5.31. The minimum Gasteiger partial charge on any atom is -0.465 e. The van der Waals surface area contributed by atoms with E-state index in [0.29, 0.717) is 10.6 Å². The summed E-state index contributed by atoms with van der Waals surface area (Å²) >= 11 is 1.45. The van der Waals surface area contributed by atoms with Crippen molar-refractivity contribution >= 4 is 28.0 Å². The average Bonchev–Trinajstić information content (AvgIpc) is 2.67. The van der Waals surface area contributed by atoms with E-state index >= 15 is 0 Å². The Bertz CT molecular complexity index is 422. The minimum absolute atomic E-state index is 0.334. The van der Waals surface area contributed by atoms with Crippen molar-refractivity contribution in [2.75, 3.05) is 30.8 Å². The zero-order chi connectivity index (χ0) is 12.4. The molecule has 1 aliphatic rings. The van der Waals surface area contributed by atoms with Crippen molar-refractivity contribution in [1.82, 2.24) is 0 Å². The van der Waals surface area contributed by atoms with Gasteiger partial charge in [0.2, 0.25) is 0 Å². The highest BCUT2D eigenvalue weighted by atomic mass is 32.1. The lowest BCUT2D eigenvalue weighted by Crippen LogP contribution is -2.29. The predicted molar refractivity (Wildman–Crippen MR) is 70.9 cm³/mol. The van der Waals surface area contributed by atoms with E-state index in [-0.39, 0.29) is 5.97 Å². The third kappa shape index (κ3) is 2.24. The fourth-order valence-electron chi connectivity index (χ4n) is 2.16. The molecular weight excluding hydrogens is 236 g/mol. The van der Waals surface area contributed by atoms with Crippen LogP contribution in [0.25, 0.3) is 0 Å². The molecular formula is C12H18N2O2S. The fraction of sp³-hybridized carbons (Fsp3) is 0.583. The van der Waals surface area contributed by atoms with Crippen LogP contribution in [-0.4, -0.2) is 26.2 Å². The van der Waals surface area contributed by atoms with Gasteiger partial charge in [-0.15, -0.1) is 11.3 Å². The molecule has 0 amide bonds. The van der Waals surface area contributed by atoms with Crippen LogP contribution in [-0.2, 0) is 4.74 Å². The van der Waals surface area contributed by atoms with Gasteiger partial charge in [-0.2, -0.15) is 0 Å². The van der Waals surface area contributed by atoms with Crippen molar-refractivity contribution in [2.45, 2.75) is 26.2 Å². The Morgan fingerprint density at radius 1 is 1.35 bits per heavy atom. The number of piperidine rings is 1. The number of methoxy groups -OCH3 is 1. The second kappa shape index (κ2) is 4.96. The Kier molecular flexibility index (Phi) is 3.57. The summed E-state index contributed by atoms with van der Waals surface area (Å²) in [5, 5.41) is 1.13. The largest absolute Gasteiger partial charge is 0.465 e. The molecule has 1 fully saturated rings. The zero-order valence-corrected chi connectivity index (χ0v) is 11.1. The van der Waals surface area contributed by atoms with Gasteiger partial charge >= 0.3 is 5.97 Å². The van der Waals surface area contributed by atoms with Gasteiger partial charge in [-0.05, 0) is 26.2 Å². The normalized spacial score (nSPS) is 16.0. The molecule has 2 N–H and O–H groups in total. The zero-order valence-electron chi connectivity index (χ0n) is 10.3.